The monoisotopic (exact) mass is 318 g/mol. The molecule has 0 saturated carbocycles. The molecule has 1 aromatic carbocycles. The summed E-state index contributed by atoms with van der Waals surface area (Å²) in [6, 6.07) is 5.91. The summed E-state index contributed by atoms with van der Waals surface area (Å²) in [5.74, 6) is 0.969. The highest BCUT2D eigenvalue weighted by molar-refractivity contribution is 5.78. The number of ether oxygens (including phenoxy) is 1. The first-order valence-electron chi connectivity index (χ1n) is 8.81. The molecule has 0 unspecified atom stereocenters. The van der Waals surface area contributed by atoms with Gasteiger partial charge in [-0.15, -0.1) is 0 Å². The molecule has 1 aliphatic rings. The molecule has 1 N–H and O–H groups in total. The van der Waals surface area contributed by atoms with Crippen molar-refractivity contribution in [3.8, 4) is 5.75 Å². The predicted octanol–water partition coefficient (Wildman–Crippen LogP) is 2.93. The average molecular weight is 318 g/mol. The van der Waals surface area contributed by atoms with Gasteiger partial charge in [0, 0.05) is 6.54 Å². The Balaban J connectivity index is 1.65. The molecule has 1 saturated heterocycles. The molecule has 1 amide bonds. The van der Waals surface area contributed by atoms with Crippen molar-refractivity contribution in [1.82, 2.24) is 10.2 Å². The number of hydrogen-bond acceptors (Lipinski definition) is 3. The largest absolute Gasteiger partial charge is 0.496 e. The smallest absolute Gasteiger partial charge is 0.224 e. The number of carbonyl (C=O) groups is 1. The van der Waals surface area contributed by atoms with Gasteiger partial charge in [-0.05, 0) is 63.0 Å². The minimum absolute atomic E-state index is 0.102. The van der Waals surface area contributed by atoms with E-state index in [4.69, 9.17) is 4.74 Å². The summed E-state index contributed by atoms with van der Waals surface area (Å²) in [7, 11) is 1.67. The topological polar surface area (TPSA) is 41.6 Å². The van der Waals surface area contributed by atoms with Crippen LogP contribution in [0.4, 0.5) is 0 Å². The van der Waals surface area contributed by atoms with E-state index >= 15 is 0 Å². The second kappa shape index (κ2) is 9.56. The Morgan fingerprint density at radius 3 is 2.61 bits per heavy atom. The lowest BCUT2D eigenvalue weighted by Gasteiger charge is -2.19. The SMILES string of the molecule is COc1ccc(CC(=O)NCCCN2CCCCCC2)cc1C. The highest BCUT2D eigenvalue weighted by Gasteiger charge is 2.09. The minimum atomic E-state index is 0.102. The molecule has 0 radical (unpaired) electrons. The first-order chi connectivity index (χ1) is 11.2. The van der Waals surface area contributed by atoms with Crippen LogP contribution in [0.25, 0.3) is 0 Å². The molecule has 1 aliphatic heterocycles. The molecule has 128 valence electrons. The van der Waals surface area contributed by atoms with Crippen molar-refractivity contribution in [2.45, 2.75) is 45.4 Å². The summed E-state index contributed by atoms with van der Waals surface area (Å²) in [4.78, 5) is 14.6. The van der Waals surface area contributed by atoms with Crippen LogP contribution in [0.2, 0.25) is 0 Å². The molecule has 1 aromatic rings. The standard InChI is InChI=1S/C19H30N2O2/c1-16-14-17(8-9-18(16)23-2)15-19(22)20-10-7-13-21-11-5-3-4-6-12-21/h8-9,14H,3-7,10-13,15H2,1-2H3,(H,20,22). The number of aryl methyl sites for hydroxylation is 1. The fourth-order valence-corrected chi connectivity index (χ4v) is 3.19. The zero-order chi connectivity index (χ0) is 16.5. The third kappa shape index (κ3) is 6.22. The van der Waals surface area contributed by atoms with Crippen molar-refractivity contribution in [3.63, 3.8) is 0 Å². The normalized spacial score (nSPS) is 15.9. The maximum Gasteiger partial charge on any atom is 0.224 e. The number of carbonyl (C=O) groups excluding carboxylic acids is 1. The molecular weight excluding hydrogens is 288 g/mol. The van der Waals surface area contributed by atoms with Gasteiger partial charge in [0.1, 0.15) is 5.75 Å². The number of benzene rings is 1. The van der Waals surface area contributed by atoms with E-state index in [2.05, 4.69) is 10.2 Å². The molecule has 0 bridgehead atoms. The fourth-order valence-electron chi connectivity index (χ4n) is 3.19. The molecule has 0 aromatic heterocycles. The molecule has 1 fully saturated rings. The molecule has 2 rings (SSSR count). The van der Waals surface area contributed by atoms with Crippen molar-refractivity contribution in [2.75, 3.05) is 33.3 Å². The Bertz CT molecular complexity index is 494. The molecule has 0 atom stereocenters. The third-order valence-electron chi connectivity index (χ3n) is 4.50. The molecule has 4 nitrogen and oxygen atoms in total. The van der Waals surface area contributed by atoms with E-state index in [0.29, 0.717) is 6.42 Å². The third-order valence-corrected chi connectivity index (χ3v) is 4.50. The Morgan fingerprint density at radius 2 is 1.96 bits per heavy atom. The van der Waals surface area contributed by atoms with Crippen LogP contribution >= 0.6 is 0 Å². The van der Waals surface area contributed by atoms with Crippen molar-refractivity contribution in [1.29, 1.82) is 0 Å². The number of nitrogens with one attached hydrogen (secondary N) is 1. The van der Waals surface area contributed by atoms with Crippen LogP contribution in [0.5, 0.6) is 5.75 Å². The second-order valence-corrected chi connectivity index (χ2v) is 6.44. The van der Waals surface area contributed by atoms with E-state index in [1.807, 2.05) is 25.1 Å². The number of hydrogen-bond donors (Lipinski definition) is 1. The second-order valence-electron chi connectivity index (χ2n) is 6.44. The lowest BCUT2D eigenvalue weighted by Crippen LogP contribution is -2.31. The molecule has 1 heterocycles. The predicted molar refractivity (Wildman–Crippen MR) is 94.0 cm³/mol. The van der Waals surface area contributed by atoms with Crippen LogP contribution in [0, 0.1) is 6.92 Å². The maximum atomic E-state index is 12.0. The van der Waals surface area contributed by atoms with Crippen LogP contribution in [0.15, 0.2) is 18.2 Å². The van der Waals surface area contributed by atoms with Crippen molar-refractivity contribution in [2.24, 2.45) is 0 Å². The van der Waals surface area contributed by atoms with Gasteiger partial charge in [0.25, 0.3) is 0 Å². The highest BCUT2D eigenvalue weighted by atomic mass is 16.5. The summed E-state index contributed by atoms with van der Waals surface area (Å²) in [6.07, 6.45) is 6.86. The number of amides is 1. The fraction of sp³-hybridized carbons (Fsp3) is 0.632. The van der Waals surface area contributed by atoms with E-state index in [0.717, 1.165) is 36.4 Å². The quantitative estimate of drug-likeness (QED) is 0.786. The van der Waals surface area contributed by atoms with E-state index in [-0.39, 0.29) is 5.91 Å². The van der Waals surface area contributed by atoms with Gasteiger partial charge < -0.3 is 15.0 Å². The van der Waals surface area contributed by atoms with Crippen molar-refractivity contribution < 1.29 is 9.53 Å². The summed E-state index contributed by atoms with van der Waals surface area (Å²) < 4.78 is 5.25. The van der Waals surface area contributed by atoms with Crippen LogP contribution in [-0.2, 0) is 11.2 Å². The Morgan fingerprint density at radius 1 is 1.22 bits per heavy atom. The number of methoxy groups -OCH3 is 1. The van der Waals surface area contributed by atoms with Crippen molar-refractivity contribution >= 4 is 5.91 Å². The van der Waals surface area contributed by atoms with Gasteiger partial charge in [-0.3, -0.25) is 4.79 Å². The van der Waals surface area contributed by atoms with E-state index < -0.39 is 0 Å². The molecule has 0 aliphatic carbocycles. The van der Waals surface area contributed by atoms with E-state index in [1.165, 1.54) is 38.8 Å². The summed E-state index contributed by atoms with van der Waals surface area (Å²) in [5, 5.41) is 3.04. The average Bonchev–Trinajstić information content (AvgIpc) is 2.80. The molecule has 4 heteroatoms. The van der Waals surface area contributed by atoms with Gasteiger partial charge in [-0.25, -0.2) is 0 Å². The summed E-state index contributed by atoms with van der Waals surface area (Å²) in [6.45, 7) is 6.31. The number of rotatable bonds is 7. The van der Waals surface area contributed by atoms with E-state index in [9.17, 15) is 4.79 Å². The van der Waals surface area contributed by atoms with Gasteiger partial charge in [0.2, 0.25) is 5.91 Å². The molecule has 23 heavy (non-hydrogen) atoms. The van der Waals surface area contributed by atoms with Crippen LogP contribution in [0.3, 0.4) is 0 Å². The van der Waals surface area contributed by atoms with Crippen LogP contribution in [0.1, 0.15) is 43.2 Å². The maximum absolute atomic E-state index is 12.0. The van der Waals surface area contributed by atoms with Crippen molar-refractivity contribution in [3.05, 3.63) is 29.3 Å². The Kier molecular flexibility index (Phi) is 7.40. The lowest BCUT2D eigenvalue weighted by atomic mass is 10.1. The van der Waals surface area contributed by atoms with Gasteiger partial charge in [0.05, 0.1) is 13.5 Å². The minimum Gasteiger partial charge on any atom is -0.496 e. The zero-order valence-electron chi connectivity index (χ0n) is 14.6. The summed E-state index contributed by atoms with van der Waals surface area (Å²) in [5.41, 5.74) is 2.10. The van der Waals surface area contributed by atoms with Gasteiger partial charge in [-0.2, -0.15) is 0 Å². The van der Waals surface area contributed by atoms with Crippen LogP contribution in [-0.4, -0.2) is 44.1 Å². The number of nitrogens with zero attached hydrogens (tertiary/aromatic N) is 1. The first-order valence-corrected chi connectivity index (χ1v) is 8.81. The molecular formula is C19H30N2O2. The van der Waals surface area contributed by atoms with Crippen LogP contribution < -0.4 is 10.1 Å². The lowest BCUT2D eigenvalue weighted by molar-refractivity contribution is -0.120. The Hall–Kier alpha value is -1.55. The Labute approximate surface area is 140 Å². The van der Waals surface area contributed by atoms with E-state index in [1.54, 1.807) is 7.11 Å². The zero-order valence-corrected chi connectivity index (χ0v) is 14.6. The van der Waals surface area contributed by atoms with Gasteiger partial charge in [-0.1, -0.05) is 25.0 Å². The van der Waals surface area contributed by atoms with Gasteiger partial charge in [0.15, 0.2) is 0 Å². The van der Waals surface area contributed by atoms with Gasteiger partial charge >= 0.3 is 0 Å². The first kappa shape index (κ1) is 17.8. The molecule has 0 spiro atoms. The highest BCUT2D eigenvalue weighted by Crippen LogP contribution is 2.18. The number of likely N-dealkylation sites (tertiary alicyclic amines) is 1. The summed E-state index contributed by atoms with van der Waals surface area (Å²) >= 11 is 0.